The Kier molecular flexibility index (Phi) is 4.91. The maximum atomic E-state index is 6.10. The summed E-state index contributed by atoms with van der Waals surface area (Å²) in [5.74, 6) is 2.40. The fraction of sp³-hybridized carbons (Fsp3) is 0.684. The highest BCUT2D eigenvalue weighted by atomic mass is 35.5. The third-order valence-electron chi connectivity index (χ3n) is 5.58. The Hall–Kier alpha value is -0.530. The van der Waals surface area contributed by atoms with Gasteiger partial charge < -0.3 is 5.32 Å². The molecule has 0 spiro atoms. The smallest absolute Gasteiger partial charge is 0.0408 e. The van der Waals surface area contributed by atoms with E-state index in [0.717, 1.165) is 28.9 Å². The van der Waals surface area contributed by atoms with Crippen molar-refractivity contribution in [1.29, 1.82) is 0 Å². The van der Waals surface area contributed by atoms with Crippen LogP contribution in [-0.4, -0.2) is 12.1 Å². The van der Waals surface area contributed by atoms with E-state index < -0.39 is 0 Å². The molecule has 2 unspecified atom stereocenters. The zero-order valence-electron chi connectivity index (χ0n) is 13.3. The van der Waals surface area contributed by atoms with E-state index in [2.05, 4.69) is 37.4 Å². The number of nitrogens with one attached hydrogen (secondary N) is 1. The molecule has 21 heavy (non-hydrogen) atoms. The quantitative estimate of drug-likeness (QED) is 0.786. The molecule has 116 valence electrons. The minimum Gasteiger partial charge on any atom is -0.311 e. The SMILES string of the molecule is CC(C)C1CCCCC1NC1CC(c2cccc(Cl)c2)C1. The molecule has 2 atom stereocenters. The van der Waals surface area contributed by atoms with Crippen molar-refractivity contribution in [2.24, 2.45) is 11.8 Å². The summed E-state index contributed by atoms with van der Waals surface area (Å²) in [6.45, 7) is 4.78. The standard InChI is InChI=1S/C19H28ClN/c1-13(2)18-8-3-4-9-19(18)21-17-11-15(12-17)14-6-5-7-16(20)10-14/h5-7,10,13,15,17-19,21H,3-4,8-9,11-12H2,1-2H3. The first-order valence-corrected chi connectivity index (χ1v) is 9.03. The Balaban J connectivity index is 1.52. The number of halogens is 1. The highest BCUT2D eigenvalue weighted by molar-refractivity contribution is 6.30. The van der Waals surface area contributed by atoms with Crippen molar-refractivity contribution in [2.45, 2.75) is 70.4 Å². The van der Waals surface area contributed by atoms with Crippen LogP contribution in [0.15, 0.2) is 24.3 Å². The number of hydrogen-bond donors (Lipinski definition) is 1. The molecule has 1 aromatic carbocycles. The lowest BCUT2D eigenvalue weighted by molar-refractivity contribution is 0.160. The molecule has 3 rings (SSSR count). The van der Waals surface area contributed by atoms with Crippen molar-refractivity contribution >= 4 is 11.6 Å². The second-order valence-electron chi connectivity index (χ2n) is 7.39. The molecule has 2 saturated carbocycles. The zero-order chi connectivity index (χ0) is 14.8. The van der Waals surface area contributed by atoms with Crippen molar-refractivity contribution < 1.29 is 0 Å². The van der Waals surface area contributed by atoms with Crippen LogP contribution in [0.2, 0.25) is 5.02 Å². The molecule has 0 bridgehead atoms. The topological polar surface area (TPSA) is 12.0 Å². The summed E-state index contributed by atoms with van der Waals surface area (Å²) in [5.41, 5.74) is 1.42. The molecular weight excluding hydrogens is 278 g/mol. The summed E-state index contributed by atoms with van der Waals surface area (Å²) in [5, 5.41) is 4.84. The Bertz CT molecular complexity index is 464. The Morgan fingerprint density at radius 2 is 1.90 bits per heavy atom. The molecule has 1 aromatic rings. The van der Waals surface area contributed by atoms with E-state index in [-0.39, 0.29) is 0 Å². The third kappa shape index (κ3) is 3.63. The van der Waals surface area contributed by atoms with E-state index in [1.54, 1.807) is 0 Å². The lowest BCUT2D eigenvalue weighted by Gasteiger charge is -2.43. The van der Waals surface area contributed by atoms with Crippen LogP contribution in [0.1, 0.15) is 63.9 Å². The first kappa shape index (κ1) is 15.4. The molecule has 1 N–H and O–H groups in total. The molecule has 0 aliphatic heterocycles. The summed E-state index contributed by atoms with van der Waals surface area (Å²) in [6.07, 6.45) is 8.19. The number of rotatable bonds is 4. The van der Waals surface area contributed by atoms with Gasteiger partial charge in [0.05, 0.1) is 0 Å². The van der Waals surface area contributed by atoms with Gasteiger partial charge in [0.15, 0.2) is 0 Å². The minimum atomic E-state index is 0.710. The maximum absolute atomic E-state index is 6.10. The van der Waals surface area contributed by atoms with Gasteiger partial charge in [0.1, 0.15) is 0 Å². The lowest BCUT2D eigenvalue weighted by Crippen LogP contribution is -2.50. The van der Waals surface area contributed by atoms with Crippen LogP contribution in [0.3, 0.4) is 0 Å². The largest absolute Gasteiger partial charge is 0.311 e. The summed E-state index contributed by atoms with van der Waals surface area (Å²) in [6, 6.07) is 9.88. The van der Waals surface area contributed by atoms with E-state index in [0.29, 0.717) is 5.92 Å². The van der Waals surface area contributed by atoms with Crippen LogP contribution in [0.4, 0.5) is 0 Å². The average molecular weight is 306 g/mol. The fourth-order valence-corrected chi connectivity index (χ4v) is 4.45. The highest BCUT2D eigenvalue weighted by Gasteiger charge is 2.35. The van der Waals surface area contributed by atoms with E-state index in [1.807, 2.05) is 6.07 Å². The van der Waals surface area contributed by atoms with Crippen LogP contribution in [0.25, 0.3) is 0 Å². The zero-order valence-corrected chi connectivity index (χ0v) is 14.1. The molecule has 2 aliphatic carbocycles. The average Bonchev–Trinajstić information content (AvgIpc) is 2.42. The van der Waals surface area contributed by atoms with E-state index >= 15 is 0 Å². The van der Waals surface area contributed by atoms with Crippen LogP contribution >= 0.6 is 11.6 Å². The summed E-state index contributed by atoms with van der Waals surface area (Å²) >= 11 is 6.10. The lowest BCUT2D eigenvalue weighted by atomic mass is 9.73. The number of benzene rings is 1. The Labute approximate surface area is 134 Å². The number of hydrogen-bond acceptors (Lipinski definition) is 1. The van der Waals surface area contributed by atoms with Crippen molar-refractivity contribution in [2.75, 3.05) is 0 Å². The van der Waals surface area contributed by atoms with Gasteiger partial charge in [0.25, 0.3) is 0 Å². The van der Waals surface area contributed by atoms with Crippen molar-refractivity contribution in [3.63, 3.8) is 0 Å². The molecule has 0 aromatic heterocycles. The summed E-state index contributed by atoms with van der Waals surface area (Å²) in [7, 11) is 0. The van der Waals surface area contributed by atoms with Gasteiger partial charge in [0.2, 0.25) is 0 Å². The third-order valence-corrected chi connectivity index (χ3v) is 5.82. The Morgan fingerprint density at radius 3 is 2.62 bits per heavy atom. The maximum Gasteiger partial charge on any atom is 0.0408 e. The van der Waals surface area contributed by atoms with Gasteiger partial charge >= 0.3 is 0 Å². The second kappa shape index (κ2) is 6.71. The predicted molar refractivity (Wildman–Crippen MR) is 90.9 cm³/mol. The first-order valence-electron chi connectivity index (χ1n) is 8.65. The second-order valence-corrected chi connectivity index (χ2v) is 7.82. The van der Waals surface area contributed by atoms with Gasteiger partial charge in [-0.05, 0) is 61.1 Å². The molecule has 0 amide bonds. The van der Waals surface area contributed by atoms with Crippen molar-refractivity contribution in [3.05, 3.63) is 34.9 Å². The van der Waals surface area contributed by atoms with Gasteiger partial charge in [-0.3, -0.25) is 0 Å². The van der Waals surface area contributed by atoms with Crippen LogP contribution in [0.5, 0.6) is 0 Å². The molecule has 0 radical (unpaired) electrons. The van der Waals surface area contributed by atoms with Gasteiger partial charge in [-0.25, -0.2) is 0 Å². The van der Waals surface area contributed by atoms with Gasteiger partial charge in [-0.2, -0.15) is 0 Å². The first-order chi connectivity index (χ1) is 10.1. The van der Waals surface area contributed by atoms with Gasteiger partial charge in [0, 0.05) is 17.1 Å². The molecular formula is C19H28ClN. The fourth-order valence-electron chi connectivity index (χ4n) is 4.25. The predicted octanol–water partition coefficient (Wildman–Crippen LogP) is 5.39. The molecule has 2 fully saturated rings. The van der Waals surface area contributed by atoms with Crippen molar-refractivity contribution in [3.8, 4) is 0 Å². The van der Waals surface area contributed by atoms with E-state index in [4.69, 9.17) is 11.6 Å². The Morgan fingerprint density at radius 1 is 1.14 bits per heavy atom. The van der Waals surface area contributed by atoms with Gasteiger partial charge in [-0.15, -0.1) is 0 Å². The van der Waals surface area contributed by atoms with Crippen LogP contribution in [0, 0.1) is 11.8 Å². The molecule has 1 nitrogen and oxygen atoms in total. The van der Waals surface area contributed by atoms with Crippen molar-refractivity contribution in [1.82, 2.24) is 5.32 Å². The molecule has 2 heteroatoms. The van der Waals surface area contributed by atoms with E-state index in [9.17, 15) is 0 Å². The molecule has 0 heterocycles. The monoisotopic (exact) mass is 305 g/mol. The van der Waals surface area contributed by atoms with E-state index in [1.165, 1.54) is 44.1 Å². The molecule has 0 saturated heterocycles. The van der Waals surface area contributed by atoms with Crippen LogP contribution < -0.4 is 5.32 Å². The van der Waals surface area contributed by atoms with Gasteiger partial charge in [-0.1, -0.05) is 50.4 Å². The van der Waals surface area contributed by atoms with Crippen LogP contribution in [-0.2, 0) is 0 Å². The summed E-state index contributed by atoms with van der Waals surface area (Å²) in [4.78, 5) is 0. The summed E-state index contributed by atoms with van der Waals surface area (Å²) < 4.78 is 0. The normalized spacial score (nSPS) is 33.0. The highest BCUT2D eigenvalue weighted by Crippen LogP contribution is 2.39. The molecule has 2 aliphatic rings. The minimum absolute atomic E-state index is 0.710.